The van der Waals surface area contributed by atoms with Crippen LogP contribution in [0.4, 0.5) is 0 Å². The van der Waals surface area contributed by atoms with E-state index in [1.54, 1.807) is 12.1 Å². The fourth-order valence-corrected chi connectivity index (χ4v) is 3.93. The van der Waals surface area contributed by atoms with Gasteiger partial charge in [0.15, 0.2) is 0 Å². The van der Waals surface area contributed by atoms with Crippen molar-refractivity contribution in [3.05, 3.63) is 29.8 Å². The zero-order valence-corrected chi connectivity index (χ0v) is 12.5. The predicted octanol–water partition coefficient (Wildman–Crippen LogP) is 2.22. The summed E-state index contributed by atoms with van der Waals surface area (Å²) >= 11 is 0. The van der Waals surface area contributed by atoms with Gasteiger partial charge in [-0.25, -0.2) is 13.1 Å². The number of hydrogen-bond acceptors (Lipinski definition) is 3. The fourth-order valence-electron chi connectivity index (χ4n) is 2.63. The predicted molar refractivity (Wildman–Crippen MR) is 79.0 cm³/mol. The highest BCUT2D eigenvalue weighted by Gasteiger charge is 2.21. The second kappa shape index (κ2) is 7.20. The number of aliphatic hydroxyl groups excluding tert-OH is 1. The molecule has 0 heterocycles. The van der Waals surface area contributed by atoms with Gasteiger partial charge >= 0.3 is 0 Å². The molecule has 1 aliphatic carbocycles. The summed E-state index contributed by atoms with van der Waals surface area (Å²) in [5.74, 6) is 0. The summed E-state index contributed by atoms with van der Waals surface area (Å²) in [4.78, 5) is 0.329. The highest BCUT2D eigenvalue weighted by molar-refractivity contribution is 7.89. The van der Waals surface area contributed by atoms with Crippen LogP contribution in [0, 0.1) is 0 Å². The maximum atomic E-state index is 12.3. The van der Waals surface area contributed by atoms with Crippen molar-refractivity contribution in [2.45, 2.75) is 55.9 Å². The van der Waals surface area contributed by atoms with E-state index >= 15 is 0 Å². The number of aliphatic hydroxyl groups is 1. The van der Waals surface area contributed by atoms with Gasteiger partial charge in [0, 0.05) is 12.6 Å². The molecule has 2 rings (SSSR count). The van der Waals surface area contributed by atoms with Gasteiger partial charge in [-0.15, -0.1) is 0 Å². The van der Waals surface area contributed by atoms with Gasteiger partial charge in [-0.1, -0.05) is 31.4 Å². The van der Waals surface area contributed by atoms with Gasteiger partial charge in [-0.3, -0.25) is 0 Å². The summed E-state index contributed by atoms with van der Waals surface area (Å²) in [5.41, 5.74) is 1.05. The summed E-state index contributed by atoms with van der Waals surface area (Å²) in [5, 5.41) is 8.79. The molecule has 1 fully saturated rings. The molecular formula is C15H23NO3S. The Kier molecular flexibility index (Phi) is 5.57. The Bertz CT molecular complexity index is 504. The van der Waals surface area contributed by atoms with Gasteiger partial charge in [0.05, 0.1) is 4.90 Å². The molecule has 0 spiro atoms. The SMILES string of the molecule is O=S(=O)(NC1CCCCC1)c1ccc(CCCO)cc1. The number of aryl methyl sites for hydroxylation is 1. The monoisotopic (exact) mass is 297 g/mol. The first-order valence-corrected chi connectivity index (χ1v) is 8.82. The Morgan fingerprint density at radius 1 is 1.10 bits per heavy atom. The van der Waals surface area contributed by atoms with Crippen LogP contribution in [0.15, 0.2) is 29.2 Å². The van der Waals surface area contributed by atoms with E-state index in [9.17, 15) is 8.42 Å². The molecule has 20 heavy (non-hydrogen) atoms. The topological polar surface area (TPSA) is 66.4 Å². The summed E-state index contributed by atoms with van der Waals surface area (Å²) in [6.07, 6.45) is 6.76. The minimum atomic E-state index is -3.40. The van der Waals surface area contributed by atoms with E-state index in [1.807, 2.05) is 12.1 Å². The molecule has 0 aliphatic heterocycles. The number of nitrogens with one attached hydrogen (secondary N) is 1. The van der Waals surface area contributed by atoms with Crippen LogP contribution in [0.5, 0.6) is 0 Å². The summed E-state index contributed by atoms with van der Waals surface area (Å²) in [6.45, 7) is 0.156. The zero-order chi connectivity index (χ0) is 14.4. The fraction of sp³-hybridized carbons (Fsp3) is 0.600. The van der Waals surface area contributed by atoms with Gasteiger partial charge in [0.25, 0.3) is 0 Å². The molecule has 5 heteroatoms. The van der Waals surface area contributed by atoms with Crippen LogP contribution in [0.3, 0.4) is 0 Å². The first kappa shape index (κ1) is 15.5. The van der Waals surface area contributed by atoms with Crippen LogP contribution in [0.25, 0.3) is 0 Å². The summed E-state index contributed by atoms with van der Waals surface area (Å²) < 4.78 is 27.4. The Balaban J connectivity index is 2.01. The van der Waals surface area contributed by atoms with Crippen LogP contribution in [-0.2, 0) is 16.4 Å². The molecule has 0 radical (unpaired) electrons. The quantitative estimate of drug-likeness (QED) is 0.846. The van der Waals surface area contributed by atoms with E-state index in [4.69, 9.17) is 5.11 Å². The van der Waals surface area contributed by atoms with E-state index < -0.39 is 10.0 Å². The van der Waals surface area contributed by atoms with Gasteiger partial charge in [-0.05, 0) is 43.4 Å². The lowest BCUT2D eigenvalue weighted by molar-refractivity contribution is 0.288. The van der Waals surface area contributed by atoms with Crippen LogP contribution < -0.4 is 4.72 Å². The average Bonchev–Trinajstić information content (AvgIpc) is 2.46. The van der Waals surface area contributed by atoms with Crippen molar-refractivity contribution >= 4 is 10.0 Å². The van der Waals surface area contributed by atoms with Crippen molar-refractivity contribution < 1.29 is 13.5 Å². The molecule has 0 amide bonds. The molecule has 0 bridgehead atoms. The van der Waals surface area contributed by atoms with Crippen molar-refractivity contribution in [3.63, 3.8) is 0 Å². The van der Waals surface area contributed by atoms with Gasteiger partial charge in [0.1, 0.15) is 0 Å². The molecule has 4 nitrogen and oxygen atoms in total. The smallest absolute Gasteiger partial charge is 0.240 e. The van der Waals surface area contributed by atoms with E-state index in [-0.39, 0.29) is 12.6 Å². The number of rotatable bonds is 6. The highest BCUT2D eigenvalue weighted by atomic mass is 32.2. The third-order valence-corrected chi connectivity index (χ3v) is 5.32. The van der Waals surface area contributed by atoms with Crippen LogP contribution in [0.2, 0.25) is 0 Å². The van der Waals surface area contributed by atoms with Crippen LogP contribution in [-0.4, -0.2) is 26.2 Å². The Labute approximate surface area is 121 Å². The molecule has 2 N–H and O–H groups in total. The maximum Gasteiger partial charge on any atom is 0.240 e. The number of sulfonamides is 1. The number of benzene rings is 1. The Morgan fingerprint density at radius 3 is 2.35 bits per heavy atom. The van der Waals surface area contributed by atoms with Gasteiger partial charge in [-0.2, -0.15) is 0 Å². The largest absolute Gasteiger partial charge is 0.396 e. The van der Waals surface area contributed by atoms with Crippen LogP contribution >= 0.6 is 0 Å². The summed E-state index contributed by atoms with van der Waals surface area (Å²) in [6, 6.07) is 7.04. The van der Waals surface area contributed by atoms with Crippen molar-refractivity contribution in [1.29, 1.82) is 0 Å². The van der Waals surface area contributed by atoms with E-state index in [2.05, 4.69) is 4.72 Å². The molecule has 0 saturated heterocycles. The molecule has 0 aromatic heterocycles. The molecule has 1 aromatic rings. The molecular weight excluding hydrogens is 274 g/mol. The normalized spacial score (nSPS) is 17.2. The number of hydrogen-bond donors (Lipinski definition) is 2. The molecule has 0 unspecified atom stereocenters. The minimum Gasteiger partial charge on any atom is -0.396 e. The van der Waals surface area contributed by atoms with E-state index in [0.717, 1.165) is 37.7 Å². The first-order valence-electron chi connectivity index (χ1n) is 7.34. The summed E-state index contributed by atoms with van der Waals surface area (Å²) in [7, 11) is -3.40. The highest BCUT2D eigenvalue weighted by Crippen LogP contribution is 2.20. The molecule has 0 atom stereocenters. The standard InChI is InChI=1S/C15H23NO3S/c17-12-4-5-13-8-10-15(11-9-13)20(18,19)16-14-6-2-1-3-7-14/h8-11,14,16-17H,1-7,12H2. The second-order valence-electron chi connectivity index (χ2n) is 5.43. The second-order valence-corrected chi connectivity index (χ2v) is 7.14. The molecule has 1 saturated carbocycles. The van der Waals surface area contributed by atoms with Crippen molar-refractivity contribution in [2.24, 2.45) is 0 Å². The molecule has 112 valence electrons. The van der Waals surface area contributed by atoms with Crippen molar-refractivity contribution in [3.8, 4) is 0 Å². The zero-order valence-electron chi connectivity index (χ0n) is 11.7. The Hall–Kier alpha value is -0.910. The first-order chi connectivity index (χ1) is 9.62. The third kappa shape index (κ3) is 4.30. The lowest BCUT2D eigenvalue weighted by atomic mass is 9.96. The van der Waals surface area contributed by atoms with Crippen LogP contribution in [0.1, 0.15) is 44.1 Å². The third-order valence-electron chi connectivity index (χ3n) is 3.78. The van der Waals surface area contributed by atoms with Gasteiger partial charge < -0.3 is 5.11 Å². The van der Waals surface area contributed by atoms with Gasteiger partial charge in [0.2, 0.25) is 10.0 Å². The molecule has 1 aliphatic rings. The van der Waals surface area contributed by atoms with Crippen molar-refractivity contribution in [2.75, 3.05) is 6.61 Å². The van der Waals surface area contributed by atoms with Crippen molar-refractivity contribution in [1.82, 2.24) is 4.72 Å². The van der Waals surface area contributed by atoms with E-state index in [1.165, 1.54) is 6.42 Å². The molecule has 1 aromatic carbocycles. The lowest BCUT2D eigenvalue weighted by Crippen LogP contribution is -2.36. The maximum absolute atomic E-state index is 12.3. The average molecular weight is 297 g/mol. The lowest BCUT2D eigenvalue weighted by Gasteiger charge is -2.22. The Morgan fingerprint density at radius 2 is 1.75 bits per heavy atom. The minimum absolute atomic E-state index is 0.0859. The van der Waals surface area contributed by atoms with E-state index in [0.29, 0.717) is 11.3 Å².